The summed E-state index contributed by atoms with van der Waals surface area (Å²) in [5.41, 5.74) is 0.595. The zero-order chi connectivity index (χ0) is 13.7. The monoisotopic (exact) mass is 286 g/mol. The first-order valence-corrected chi connectivity index (χ1v) is 6.06. The number of rotatable bonds is 4. The summed E-state index contributed by atoms with van der Waals surface area (Å²) in [6, 6.07) is 4.83. The molecule has 1 aromatic carbocycles. The van der Waals surface area contributed by atoms with Crippen molar-refractivity contribution in [2.24, 2.45) is 0 Å². The normalized spacial score (nSPS) is 11.2. The van der Waals surface area contributed by atoms with Gasteiger partial charge in [-0.1, -0.05) is 29.3 Å². The number of halogens is 2. The molecule has 1 aromatic rings. The van der Waals surface area contributed by atoms with Crippen molar-refractivity contribution < 1.29 is 14.3 Å². The number of Topliss-reactive ketones (excluding diaryl/α,β-unsaturated/α-hetero) is 1. The molecule has 0 saturated carbocycles. The Labute approximate surface area is 115 Å². The van der Waals surface area contributed by atoms with Gasteiger partial charge in [0.15, 0.2) is 5.78 Å². The molecule has 0 spiro atoms. The number of benzene rings is 1. The molecular formula is C13H12Cl2O3. The number of ketones is 1. The van der Waals surface area contributed by atoms with E-state index in [1.165, 1.54) is 13.0 Å². The van der Waals surface area contributed by atoms with Gasteiger partial charge in [0.25, 0.3) is 0 Å². The van der Waals surface area contributed by atoms with E-state index in [4.69, 9.17) is 27.9 Å². The molecule has 0 fully saturated rings. The predicted octanol–water partition coefficient (Wildman–Crippen LogP) is 3.53. The van der Waals surface area contributed by atoms with Gasteiger partial charge in [0.2, 0.25) is 0 Å². The largest absolute Gasteiger partial charge is 0.462 e. The van der Waals surface area contributed by atoms with Crippen molar-refractivity contribution in [1.82, 2.24) is 0 Å². The van der Waals surface area contributed by atoms with Gasteiger partial charge in [-0.05, 0) is 37.6 Å². The van der Waals surface area contributed by atoms with E-state index in [-0.39, 0.29) is 18.0 Å². The molecule has 0 aliphatic carbocycles. The van der Waals surface area contributed by atoms with Crippen LogP contribution in [0.4, 0.5) is 0 Å². The van der Waals surface area contributed by atoms with Crippen molar-refractivity contribution in [3.8, 4) is 0 Å². The van der Waals surface area contributed by atoms with Gasteiger partial charge in [-0.2, -0.15) is 0 Å². The molecule has 0 N–H and O–H groups in total. The summed E-state index contributed by atoms with van der Waals surface area (Å²) in [5, 5.41) is 0.770. The molecule has 0 bridgehead atoms. The SMILES string of the molecule is CCOC(=O)/C(=C\c1ccc(Cl)c(Cl)c1)C(C)=O. The third kappa shape index (κ3) is 3.86. The van der Waals surface area contributed by atoms with Crippen molar-refractivity contribution in [3.63, 3.8) is 0 Å². The van der Waals surface area contributed by atoms with Crippen LogP contribution in [0.5, 0.6) is 0 Å². The van der Waals surface area contributed by atoms with Gasteiger partial charge in [-0.25, -0.2) is 4.79 Å². The maximum atomic E-state index is 11.6. The Kier molecular flexibility index (Phi) is 5.38. The van der Waals surface area contributed by atoms with E-state index in [1.54, 1.807) is 25.1 Å². The minimum absolute atomic E-state index is 0.0183. The minimum atomic E-state index is -0.643. The van der Waals surface area contributed by atoms with Crippen molar-refractivity contribution in [3.05, 3.63) is 39.4 Å². The quantitative estimate of drug-likeness (QED) is 0.368. The lowest BCUT2D eigenvalue weighted by Crippen LogP contribution is -2.13. The van der Waals surface area contributed by atoms with Crippen molar-refractivity contribution in [2.45, 2.75) is 13.8 Å². The van der Waals surface area contributed by atoms with E-state index in [1.807, 2.05) is 0 Å². The second kappa shape index (κ2) is 6.57. The minimum Gasteiger partial charge on any atom is -0.462 e. The molecule has 0 amide bonds. The van der Waals surface area contributed by atoms with E-state index in [0.29, 0.717) is 15.6 Å². The molecule has 0 atom stereocenters. The van der Waals surface area contributed by atoms with Crippen LogP contribution in [0.3, 0.4) is 0 Å². The molecule has 0 radical (unpaired) electrons. The topological polar surface area (TPSA) is 43.4 Å². The Hall–Kier alpha value is -1.32. The molecule has 0 saturated heterocycles. The van der Waals surface area contributed by atoms with E-state index in [0.717, 1.165) is 0 Å². The van der Waals surface area contributed by atoms with E-state index >= 15 is 0 Å². The smallest absolute Gasteiger partial charge is 0.341 e. The van der Waals surface area contributed by atoms with Crippen LogP contribution in [0, 0.1) is 0 Å². The average molecular weight is 287 g/mol. The Morgan fingerprint density at radius 2 is 1.94 bits per heavy atom. The predicted molar refractivity (Wildman–Crippen MR) is 71.8 cm³/mol. The van der Waals surface area contributed by atoms with Gasteiger partial charge in [0.05, 0.1) is 16.7 Å². The fraction of sp³-hybridized carbons (Fsp3) is 0.231. The van der Waals surface area contributed by atoms with Crippen LogP contribution in [-0.4, -0.2) is 18.4 Å². The molecular weight excluding hydrogens is 275 g/mol. The summed E-state index contributed by atoms with van der Waals surface area (Å²) in [6.07, 6.45) is 1.43. The van der Waals surface area contributed by atoms with Crippen molar-refractivity contribution in [1.29, 1.82) is 0 Å². The van der Waals surface area contributed by atoms with Crippen molar-refractivity contribution in [2.75, 3.05) is 6.61 Å². The molecule has 18 heavy (non-hydrogen) atoms. The maximum Gasteiger partial charge on any atom is 0.341 e. The van der Waals surface area contributed by atoms with Crippen LogP contribution in [0.1, 0.15) is 19.4 Å². The highest BCUT2D eigenvalue weighted by atomic mass is 35.5. The lowest BCUT2D eigenvalue weighted by Gasteiger charge is -2.04. The lowest BCUT2D eigenvalue weighted by atomic mass is 10.1. The molecule has 3 nitrogen and oxygen atoms in total. The summed E-state index contributed by atoms with van der Waals surface area (Å²) in [6.45, 7) is 3.19. The zero-order valence-corrected chi connectivity index (χ0v) is 11.5. The fourth-order valence-corrected chi connectivity index (χ4v) is 1.59. The average Bonchev–Trinajstić information content (AvgIpc) is 2.30. The van der Waals surface area contributed by atoms with Crippen LogP contribution in [0.15, 0.2) is 23.8 Å². The Morgan fingerprint density at radius 1 is 1.28 bits per heavy atom. The van der Waals surface area contributed by atoms with E-state index < -0.39 is 5.97 Å². The van der Waals surface area contributed by atoms with Crippen LogP contribution in [-0.2, 0) is 14.3 Å². The summed E-state index contributed by atoms with van der Waals surface area (Å²) >= 11 is 11.6. The first kappa shape index (κ1) is 14.7. The van der Waals surface area contributed by atoms with Gasteiger partial charge < -0.3 is 4.74 Å². The van der Waals surface area contributed by atoms with Gasteiger partial charge in [-0.3, -0.25) is 4.79 Å². The standard InChI is InChI=1S/C13H12Cl2O3/c1-3-18-13(17)10(8(2)16)6-9-4-5-11(14)12(15)7-9/h4-7H,3H2,1-2H3/b10-6-. The number of ether oxygens (including phenoxy) is 1. The Bertz CT molecular complexity index is 507. The van der Waals surface area contributed by atoms with Gasteiger partial charge in [-0.15, -0.1) is 0 Å². The maximum absolute atomic E-state index is 11.6. The Morgan fingerprint density at radius 3 is 2.44 bits per heavy atom. The molecule has 0 aromatic heterocycles. The van der Waals surface area contributed by atoms with Crippen LogP contribution in [0.25, 0.3) is 6.08 Å². The molecule has 0 aliphatic heterocycles. The summed E-state index contributed by atoms with van der Waals surface area (Å²) < 4.78 is 4.80. The van der Waals surface area contributed by atoms with E-state index in [2.05, 4.69) is 0 Å². The summed E-state index contributed by atoms with van der Waals surface area (Å²) in [4.78, 5) is 23.0. The highest BCUT2D eigenvalue weighted by Crippen LogP contribution is 2.24. The molecule has 0 aliphatic rings. The first-order chi connectivity index (χ1) is 8.45. The summed E-state index contributed by atoms with van der Waals surface area (Å²) in [7, 11) is 0. The third-order valence-corrected chi connectivity index (χ3v) is 2.87. The molecule has 96 valence electrons. The van der Waals surface area contributed by atoms with Crippen LogP contribution >= 0.6 is 23.2 Å². The second-order valence-corrected chi connectivity index (χ2v) is 4.32. The highest BCUT2D eigenvalue weighted by molar-refractivity contribution is 6.42. The first-order valence-electron chi connectivity index (χ1n) is 5.30. The van der Waals surface area contributed by atoms with E-state index in [9.17, 15) is 9.59 Å². The molecule has 1 rings (SSSR count). The lowest BCUT2D eigenvalue weighted by molar-refractivity contribution is -0.139. The molecule has 0 heterocycles. The van der Waals surface area contributed by atoms with Crippen molar-refractivity contribution >= 4 is 41.0 Å². The van der Waals surface area contributed by atoms with Crippen LogP contribution < -0.4 is 0 Å². The second-order valence-electron chi connectivity index (χ2n) is 3.51. The zero-order valence-electron chi connectivity index (χ0n) is 10.00. The number of carbonyl (C=O) groups excluding carboxylic acids is 2. The summed E-state index contributed by atoms with van der Waals surface area (Å²) in [5.74, 6) is -1.00. The molecule has 5 heteroatoms. The Balaban J connectivity index is 3.12. The number of hydrogen-bond acceptors (Lipinski definition) is 3. The van der Waals surface area contributed by atoms with Gasteiger partial charge in [0.1, 0.15) is 5.57 Å². The number of esters is 1. The third-order valence-electron chi connectivity index (χ3n) is 2.13. The van der Waals surface area contributed by atoms with Gasteiger partial charge >= 0.3 is 5.97 Å². The number of carbonyl (C=O) groups is 2. The highest BCUT2D eigenvalue weighted by Gasteiger charge is 2.15. The molecule has 0 unspecified atom stereocenters. The van der Waals surface area contributed by atoms with Gasteiger partial charge in [0, 0.05) is 0 Å². The fourth-order valence-electron chi connectivity index (χ4n) is 1.28. The van der Waals surface area contributed by atoms with Crippen LogP contribution in [0.2, 0.25) is 10.0 Å². The number of hydrogen-bond donors (Lipinski definition) is 0.